The zero-order valence-corrected chi connectivity index (χ0v) is 13.7. The van der Waals surface area contributed by atoms with E-state index in [2.05, 4.69) is 10.6 Å². The van der Waals surface area contributed by atoms with E-state index in [1.807, 2.05) is 4.72 Å². The predicted octanol–water partition coefficient (Wildman–Crippen LogP) is 0.708. The first-order chi connectivity index (χ1) is 11.1. The number of halogens is 3. The molecule has 24 heavy (non-hydrogen) atoms. The topological polar surface area (TPSA) is 87.3 Å². The van der Waals surface area contributed by atoms with Crippen LogP contribution in [0.3, 0.4) is 0 Å². The van der Waals surface area contributed by atoms with Crippen LogP contribution in [0.5, 0.6) is 0 Å². The van der Waals surface area contributed by atoms with Crippen molar-refractivity contribution in [3.63, 3.8) is 0 Å². The van der Waals surface area contributed by atoms with Crippen LogP contribution in [0.1, 0.15) is 12.5 Å². The van der Waals surface area contributed by atoms with Gasteiger partial charge in [0.15, 0.2) is 0 Å². The highest BCUT2D eigenvalue weighted by Gasteiger charge is 2.37. The Morgan fingerprint density at radius 2 is 1.96 bits per heavy atom. The summed E-state index contributed by atoms with van der Waals surface area (Å²) in [6, 6.07) is 2.64. The molecule has 1 unspecified atom stereocenters. The molecule has 1 aromatic rings. The van der Waals surface area contributed by atoms with E-state index in [-0.39, 0.29) is 5.92 Å². The Bertz CT molecular complexity index is 703. The van der Waals surface area contributed by atoms with Gasteiger partial charge in [-0.3, -0.25) is 4.79 Å². The number of hydrogen-bond acceptors (Lipinski definition) is 4. The van der Waals surface area contributed by atoms with Crippen molar-refractivity contribution in [3.05, 3.63) is 29.8 Å². The summed E-state index contributed by atoms with van der Waals surface area (Å²) in [7, 11) is -4.49. The van der Waals surface area contributed by atoms with Crippen LogP contribution in [0, 0.1) is 5.92 Å². The molecule has 1 heterocycles. The highest BCUT2D eigenvalue weighted by molar-refractivity contribution is 7.89. The van der Waals surface area contributed by atoms with Crippen molar-refractivity contribution in [3.8, 4) is 0 Å². The Labute approximate surface area is 137 Å². The summed E-state index contributed by atoms with van der Waals surface area (Å²) in [5, 5.41) is 5.60. The van der Waals surface area contributed by atoms with Crippen LogP contribution in [0.2, 0.25) is 0 Å². The van der Waals surface area contributed by atoms with Gasteiger partial charge >= 0.3 is 6.18 Å². The van der Waals surface area contributed by atoms with Gasteiger partial charge in [0.25, 0.3) is 0 Å². The highest BCUT2D eigenvalue weighted by Crippen LogP contribution is 2.33. The molecule has 0 radical (unpaired) electrons. The number of rotatable bonds is 6. The van der Waals surface area contributed by atoms with Crippen LogP contribution < -0.4 is 15.4 Å². The minimum absolute atomic E-state index is 0.281. The van der Waals surface area contributed by atoms with Gasteiger partial charge in [0.05, 0.1) is 16.5 Å². The Morgan fingerprint density at radius 3 is 2.50 bits per heavy atom. The fourth-order valence-electron chi connectivity index (χ4n) is 2.18. The maximum atomic E-state index is 13.0. The molecule has 1 fully saturated rings. The molecule has 1 amide bonds. The smallest absolute Gasteiger partial charge is 0.354 e. The standard InChI is InChI=1S/C14H18F3N3O3S/c1-9(13(21)19-8-10-6-18-7-10)20-24(22,23)12-5-3-2-4-11(12)14(15,16)17/h2-5,9-10,18,20H,6-8H2,1H3,(H,19,21). The summed E-state index contributed by atoms with van der Waals surface area (Å²) in [5.41, 5.74) is -1.27. The number of nitrogens with one attached hydrogen (secondary N) is 3. The van der Waals surface area contributed by atoms with Crippen LogP contribution in [0.25, 0.3) is 0 Å². The molecule has 1 aliphatic heterocycles. The molecule has 3 N–H and O–H groups in total. The first-order valence-corrected chi connectivity index (χ1v) is 8.76. The summed E-state index contributed by atoms with van der Waals surface area (Å²) >= 11 is 0. The molecule has 6 nitrogen and oxygen atoms in total. The summed E-state index contributed by atoms with van der Waals surface area (Å²) < 4.78 is 65.3. The first-order valence-electron chi connectivity index (χ1n) is 7.28. The monoisotopic (exact) mass is 365 g/mol. The average Bonchev–Trinajstić information content (AvgIpc) is 2.44. The Morgan fingerprint density at radius 1 is 1.33 bits per heavy atom. The fraction of sp³-hybridized carbons (Fsp3) is 0.500. The van der Waals surface area contributed by atoms with Gasteiger partial charge in [0.1, 0.15) is 0 Å². The summed E-state index contributed by atoms with van der Waals surface area (Å²) in [5.74, 6) is -0.307. The van der Waals surface area contributed by atoms with Crippen LogP contribution in [0.15, 0.2) is 29.2 Å². The molecule has 134 valence electrons. The number of carbonyl (C=O) groups is 1. The molecule has 1 saturated heterocycles. The second-order valence-electron chi connectivity index (χ2n) is 5.61. The van der Waals surface area contributed by atoms with Crippen molar-refractivity contribution < 1.29 is 26.4 Å². The van der Waals surface area contributed by atoms with Crippen molar-refractivity contribution in [1.82, 2.24) is 15.4 Å². The predicted molar refractivity (Wildman–Crippen MR) is 80.6 cm³/mol. The molecular weight excluding hydrogens is 347 g/mol. The molecular formula is C14H18F3N3O3S. The van der Waals surface area contributed by atoms with Crippen molar-refractivity contribution in [2.75, 3.05) is 19.6 Å². The van der Waals surface area contributed by atoms with Crippen molar-refractivity contribution in [2.45, 2.75) is 24.0 Å². The zero-order valence-electron chi connectivity index (χ0n) is 12.9. The largest absolute Gasteiger partial charge is 0.417 e. The lowest BCUT2D eigenvalue weighted by Gasteiger charge is -2.27. The van der Waals surface area contributed by atoms with E-state index < -0.39 is 38.6 Å². The maximum absolute atomic E-state index is 13.0. The summed E-state index contributed by atoms with van der Waals surface area (Å²) in [6.07, 6.45) is -4.81. The van der Waals surface area contributed by atoms with E-state index in [1.165, 1.54) is 13.0 Å². The third-order valence-corrected chi connectivity index (χ3v) is 5.24. The lowest BCUT2D eigenvalue weighted by molar-refractivity contribution is -0.139. The molecule has 0 spiro atoms. The number of alkyl halides is 3. The van der Waals surface area contributed by atoms with E-state index in [9.17, 15) is 26.4 Å². The van der Waals surface area contributed by atoms with Gasteiger partial charge in [-0.1, -0.05) is 12.1 Å². The lowest BCUT2D eigenvalue weighted by Crippen LogP contribution is -2.51. The third-order valence-electron chi connectivity index (χ3n) is 3.64. The van der Waals surface area contributed by atoms with Crippen molar-refractivity contribution in [2.24, 2.45) is 5.92 Å². The highest BCUT2D eigenvalue weighted by atomic mass is 32.2. The molecule has 0 bridgehead atoms. The van der Waals surface area contributed by atoms with E-state index in [4.69, 9.17) is 0 Å². The fourth-order valence-corrected chi connectivity index (χ4v) is 3.61. The molecule has 1 aromatic carbocycles. The summed E-state index contributed by atoms with van der Waals surface area (Å²) in [6.45, 7) is 3.19. The van der Waals surface area contributed by atoms with Gasteiger partial charge in [0.2, 0.25) is 15.9 Å². The second-order valence-corrected chi connectivity index (χ2v) is 7.29. The number of benzene rings is 1. The van der Waals surface area contributed by atoms with Gasteiger partial charge in [-0.15, -0.1) is 0 Å². The molecule has 1 aliphatic rings. The van der Waals surface area contributed by atoms with E-state index in [0.717, 1.165) is 25.2 Å². The van der Waals surface area contributed by atoms with Crippen molar-refractivity contribution >= 4 is 15.9 Å². The van der Waals surface area contributed by atoms with Crippen molar-refractivity contribution in [1.29, 1.82) is 0 Å². The Kier molecular flexibility index (Phi) is 5.51. The molecule has 10 heteroatoms. The van der Waals surface area contributed by atoms with E-state index in [0.29, 0.717) is 12.6 Å². The Hall–Kier alpha value is -1.65. The molecule has 0 aliphatic carbocycles. The molecule has 2 rings (SSSR count). The normalized spacial score (nSPS) is 17.2. The minimum atomic E-state index is -4.81. The second kappa shape index (κ2) is 7.08. The lowest BCUT2D eigenvalue weighted by atomic mass is 10.0. The summed E-state index contributed by atoms with van der Waals surface area (Å²) in [4.78, 5) is 11.0. The van der Waals surface area contributed by atoms with Gasteiger partial charge in [-0.25, -0.2) is 8.42 Å². The number of amides is 1. The molecule has 0 saturated carbocycles. The molecule has 0 aromatic heterocycles. The van der Waals surface area contributed by atoms with Crippen LogP contribution in [0.4, 0.5) is 13.2 Å². The maximum Gasteiger partial charge on any atom is 0.417 e. The number of sulfonamides is 1. The molecule has 1 atom stereocenters. The quantitative estimate of drug-likeness (QED) is 0.693. The van der Waals surface area contributed by atoms with Gasteiger partial charge in [-0.2, -0.15) is 17.9 Å². The van der Waals surface area contributed by atoms with Crippen LogP contribution >= 0.6 is 0 Å². The van der Waals surface area contributed by atoms with Crippen LogP contribution in [-0.4, -0.2) is 40.0 Å². The minimum Gasteiger partial charge on any atom is -0.354 e. The Balaban J connectivity index is 2.09. The first kappa shape index (κ1) is 18.7. The zero-order chi connectivity index (χ0) is 18.0. The number of hydrogen-bond donors (Lipinski definition) is 3. The van der Waals surface area contributed by atoms with E-state index in [1.54, 1.807) is 0 Å². The van der Waals surface area contributed by atoms with Gasteiger partial charge < -0.3 is 10.6 Å². The SMILES string of the molecule is CC(NS(=O)(=O)c1ccccc1C(F)(F)F)C(=O)NCC1CNC1. The van der Waals surface area contributed by atoms with E-state index >= 15 is 0 Å². The van der Waals surface area contributed by atoms with Crippen LogP contribution in [-0.2, 0) is 21.0 Å². The van der Waals surface area contributed by atoms with Gasteiger partial charge in [0, 0.05) is 25.6 Å². The number of carbonyl (C=O) groups excluding carboxylic acids is 1. The third kappa shape index (κ3) is 4.46. The average molecular weight is 365 g/mol. The van der Waals surface area contributed by atoms with Gasteiger partial charge in [-0.05, 0) is 19.1 Å².